The van der Waals surface area contributed by atoms with Crippen molar-refractivity contribution < 1.29 is 4.79 Å². The Kier molecular flexibility index (Phi) is 3.41. The molecule has 3 aromatic rings. The van der Waals surface area contributed by atoms with Crippen LogP contribution in [0.5, 0.6) is 0 Å². The Bertz CT molecular complexity index is 892. The molecule has 116 valence electrons. The maximum atomic E-state index is 11.7. The Labute approximate surface area is 135 Å². The van der Waals surface area contributed by atoms with Gasteiger partial charge in [0.25, 0.3) is 0 Å². The van der Waals surface area contributed by atoms with Gasteiger partial charge in [-0.25, -0.2) is 0 Å². The summed E-state index contributed by atoms with van der Waals surface area (Å²) in [6.45, 7) is 0.703. The molecule has 0 fully saturated rings. The molecular weight excluding hydrogens is 284 g/mol. The number of nitrogens with two attached hydrogens (primary N) is 1. The van der Waals surface area contributed by atoms with Crippen LogP contribution in [-0.2, 0) is 19.4 Å². The number of nitrogens with zero attached hydrogens (tertiary/aromatic N) is 1. The highest BCUT2D eigenvalue weighted by Crippen LogP contribution is 2.32. The standard InChI is InChI=1S/C20H20N2O/c21-20(23)15-8-2-1-7-14(15)13-22-18-11-5-3-9-16(18)17-10-4-6-12-19(17)22/h1-3,5,7-9,11H,4,6,10,12-13H2,(H2,21,23). The van der Waals surface area contributed by atoms with Crippen molar-refractivity contribution in [3.63, 3.8) is 0 Å². The Morgan fingerprint density at radius 3 is 2.61 bits per heavy atom. The van der Waals surface area contributed by atoms with E-state index < -0.39 is 0 Å². The summed E-state index contributed by atoms with van der Waals surface area (Å²) in [5.74, 6) is -0.356. The highest BCUT2D eigenvalue weighted by molar-refractivity contribution is 5.94. The Morgan fingerprint density at radius 1 is 1.00 bits per heavy atom. The first kappa shape index (κ1) is 14.1. The topological polar surface area (TPSA) is 48.0 Å². The predicted molar refractivity (Wildman–Crippen MR) is 92.6 cm³/mol. The average molecular weight is 304 g/mol. The summed E-state index contributed by atoms with van der Waals surface area (Å²) in [4.78, 5) is 11.7. The van der Waals surface area contributed by atoms with Gasteiger partial charge in [0.15, 0.2) is 0 Å². The molecule has 1 aromatic heterocycles. The monoisotopic (exact) mass is 304 g/mol. The average Bonchev–Trinajstić information content (AvgIpc) is 2.90. The molecule has 0 unspecified atom stereocenters. The van der Waals surface area contributed by atoms with Crippen LogP contribution in [-0.4, -0.2) is 10.5 Å². The fraction of sp³-hybridized carbons (Fsp3) is 0.250. The van der Waals surface area contributed by atoms with E-state index in [0.29, 0.717) is 12.1 Å². The van der Waals surface area contributed by atoms with E-state index in [1.54, 1.807) is 0 Å². The van der Waals surface area contributed by atoms with Crippen molar-refractivity contribution in [3.05, 3.63) is 70.9 Å². The Balaban J connectivity index is 1.89. The highest BCUT2D eigenvalue weighted by Gasteiger charge is 2.20. The van der Waals surface area contributed by atoms with Crippen LogP contribution in [0.4, 0.5) is 0 Å². The first-order chi connectivity index (χ1) is 11.3. The number of rotatable bonds is 3. The normalized spacial score (nSPS) is 13.9. The van der Waals surface area contributed by atoms with Crippen molar-refractivity contribution in [1.29, 1.82) is 0 Å². The summed E-state index contributed by atoms with van der Waals surface area (Å²) in [6.07, 6.45) is 4.77. The van der Waals surface area contributed by atoms with E-state index in [1.165, 1.54) is 35.0 Å². The predicted octanol–water partition coefficient (Wildman–Crippen LogP) is 3.67. The summed E-state index contributed by atoms with van der Waals surface area (Å²) >= 11 is 0. The maximum Gasteiger partial charge on any atom is 0.249 e. The molecule has 0 atom stereocenters. The van der Waals surface area contributed by atoms with Gasteiger partial charge in [0.05, 0.1) is 0 Å². The SMILES string of the molecule is NC(=O)c1ccccc1Cn1c2c(c3ccccc31)CCCC2. The molecule has 2 N–H and O–H groups in total. The lowest BCUT2D eigenvalue weighted by Crippen LogP contribution is -2.16. The first-order valence-corrected chi connectivity index (χ1v) is 8.22. The highest BCUT2D eigenvalue weighted by atomic mass is 16.1. The van der Waals surface area contributed by atoms with Crippen molar-refractivity contribution >= 4 is 16.8 Å². The zero-order valence-electron chi connectivity index (χ0n) is 13.1. The van der Waals surface area contributed by atoms with Crippen LogP contribution in [0, 0.1) is 0 Å². The second-order valence-electron chi connectivity index (χ2n) is 6.26. The van der Waals surface area contributed by atoms with Gasteiger partial charge in [0.1, 0.15) is 0 Å². The number of hydrogen-bond donors (Lipinski definition) is 1. The lowest BCUT2D eigenvalue weighted by Gasteiger charge is -2.17. The summed E-state index contributed by atoms with van der Waals surface area (Å²) in [6, 6.07) is 16.3. The van der Waals surface area contributed by atoms with Gasteiger partial charge >= 0.3 is 0 Å². The number of benzene rings is 2. The molecule has 0 saturated heterocycles. The van der Waals surface area contributed by atoms with Crippen LogP contribution in [0.3, 0.4) is 0 Å². The molecule has 0 radical (unpaired) electrons. The van der Waals surface area contributed by atoms with Crippen molar-refractivity contribution in [2.75, 3.05) is 0 Å². The lowest BCUT2D eigenvalue weighted by atomic mass is 9.95. The number of para-hydroxylation sites is 1. The Hall–Kier alpha value is -2.55. The smallest absolute Gasteiger partial charge is 0.249 e. The van der Waals surface area contributed by atoms with Gasteiger partial charge in [-0.05, 0) is 48.9 Å². The number of hydrogen-bond acceptors (Lipinski definition) is 1. The molecule has 2 aromatic carbocycles. The largest absolute Gasteiger partial charge is 0.366 e. The molecule has 3 nitrogen and oxygen atoms in total. The zero-order valence-corrected chi connectivity index (χ0v) is 13.1. The van der Waals surface area contributed by atoms with E-state index in [0.717, 1.165) is 18.4 Å². The van der Waals surface area contributed by atoms with Crippen molar-refractivity contribution in [2.45, 2.75) is 32.2 Å². The van der Waals surface area contributed by atoms with Crippen LogP contribution in [0.25, 0.3) is 10.9 Å². The molecule has 0 bridgehead atoms. The van der Waals surface area contributed by atoms with Crippen LogP contribution >= 0.6 is 0 Å². The number of aryl methyl sites for hydroxylation is 1. The molecule has 1 aliphatic carbocycles. The third kappa shape index (κ3) is 2.33. The summed E-state index contributed by atoms with van der Waals surface area (Å²) in [7, 11) is 0. The number of carbonyl (C=O) groups is 1. The van der Waals surface area contributed by atoms with Gasteiger partial charge in [-0.15, -0.1) is 0 Å². The van der Waals surface area contributed by atoms with Gasteiger partial charge in [-0.1, -0.05) is 36.4 Å². The second kappa shape index (κ2) is 5.58. The molecule has 3 heteroatoms. The number of primary amides is 1. The van der Waals surface area contributed by atoms with Gasteiger partial charge < -0.3 is 10.3 Å². The minimum atomic E-state index is -0.356. The van der Waals surface area contributed by atoms with Crippen LogP contribution < -0.4 is 5.73 Å². The third-order valence-electron chi connectivity index (χ3n) is 4.90. The first-order valence-electron chi connectivity index (χ1n) is 8.22. The van der Waals surface area contributed by atoms with Crippen LogP contribution in [0.1, 0.15) is 40.0 Å². The molecule has 0 aliphatic heterocycles. The minimum Gasteiger partial charge on any atom is -0.366 e. The van der Waals surface area contributed by atoms with Crippen LogP contribution in [0.2, 0.25) is 0 Å². The minimum absolute atomic E-state index is 0.356. The number of carbonyl (C=O) groups excluding carboxylic acids is 1. The summed E-state index contributed by atoms with van der Waals surface area (Å²) < 4.78 is 2.38. The van der Waals surface area contributed by atoms with Crippen molar-refractivity contribution in [2.24, 2.45) is 5.73 Å². The number of fused-ring (bicyclic) bond motifs is 3. The zero-order chi connectivity index (χ0) is 15.8. The molecule has 1 aliphatic rings. The quantitative estimate of drug-likeness (QED) is 0.788. The van der Waals surface area contributed by atoms with E-state index in [2.05, 4.69) is 28.8 Å². The lowest BCUT2D eigenvalue weighted by molar-refractivity contribution is 0.0999. The van der Waals surface area contributed by atoms with E-state index in [9.17, 15) is 4.79 Å². The van der Waals surface area contributed by atoms with Gasteiger partial charge in [0, 0.05) is 28.7 Å². The van der Waals surface area contributed by atoms with E-state index in [-0.39, 0.29) is 5.91 Å². The van der Waals surface area contributed by atoms with E-state index in [1.807, 2.05) is 24.3 Å². The summed E-state index contributed by atoms with van der Waals surface area (Å²) in [5, 5.41) is 1.36. The molecule has 1 amide bonds. The third-order valence-corrected chi connectivity index (χ3v) is 4.90. The van der Waals surface area contributed by atoms with Crippen LogP contribution in [0.15, 0.2) is 48.5 Å². The van der Waals surface area contributed by atoms with Crippen molar-refractivity contribution in [1.82, 2.24) is 4.57 Å². The van der Waals surface area contributed by atoms with Gasteiger partial charge in [-0.3, -0.25) is 4.79 Å². The number of amides is 1. The summed E-state index contributed by atoms with van der Waals surface area (Å²) in [5.41, 5.74) is 11.3. The molecular formula is C20H20N2O. The fourth-order valence-electron chi connectivity index (χ4n) is 3.84. The van der Waals surface area contributed by atoms with E-state index >= 15 is 0 Å². The second-order valence-corrected chi connectivity index (χ2v) is 6.26. The molecule has 23 heavy (non-hydrogen) atoms. The molecule has 4 rings (SSSR count). The molecule has 0 spiro atoms. The van der Waals surface area contributed by atoms with Gasteiger partial charge in [-0.2, -0.15) is 0 Å². The fourth-order valence-corrected chi connectivity index (χ4v) is 3.84. The van der Waals surface area contributed by atoms with E-state index in [4.69, 9.17) is 5.73 Å². The molecule has 0 saturated carbocycles. The Morgan fingerprint density at radius 2 is 1.74 bits per heavy atom. The van der Waals surface area contributed by atoms with Gasteiger partial charge in [0.2, 0.25) is 5.91 Å². The van der Waals surface area contributed by atoms with Crippen molar-refractivity contribution in [3.8, 4) is 0 Å². The maximum absolute atomic E-state index is 11.7. The molecule has 1 heterocycles. The number of aromatic nitrogens is 1.